The summed E-state index contributed by atoms with van der Waals surface area (Å²) in [5.41, 5.74) is 0.858. The van der Waals surface area contributed by atoms with Crippen LogP contribution >= 0.6 is 11.8 Å². The minimum atomic E-state index is -0.270. The first-order valence-electron chi connectivity index (χ1n) is 7.07. The van der Waals surface area contributed by atoms with Crippen LogP contribution in [0.1, 0.15) is 31.9 Å². The summed E-state index contributed by atoms with van der Waals surface area (Å²) in [6, 6.07) is 11.3. The van der Waals surface area contributed by atoms with Crippen molar-refractivity contribution in [1.29, 1.82) is 0 Å². The Kier molecular flexibility index (Phi) is 5.76. The van der Waals surface area contributed by atoms with E-state index < -0.39 is 0 Å². The predicted molar refractivity (Wildman–Crippen MR) is 83.6 cm³/mol. The second kappa shape index (κ2) is 7.57. The van der Waals surface area contributed by atoms with Crippen LogP contribution < -0.4 is 5.32 Å². The fraction of sp³-hybridized carbons (Fsp3) is 0.294. The van der Waals surface area contributed by atoms with Gasteiger partial charge in [-0.05, 0) is 55.8 Å². The van der Waals surface area contributed by atoms with Crippen LogP contribution in [0.4, 0.5) is 8.78 Å². The molecule has 2 aromatic rings. The van der Waals surface area contributed by atoms with Gasteiger partial charge in [-0.3, -0.25) is 0 Å². The molecule has 2 rings (SSSR count). The molecule has 0 radical (unpaired) electrons. The average Bonchev–Trinajstić information content (AvgIpc) is 2.48. The van der Waals surface area contributed by atoms with Crippen LogP contribution in [0.25, 0.3) is 0 Å². The normalized spacial score (nSPS) is 12.4. The van der Waals surface area contributed by atoms with Crippen molar-refractivity contribution < 1.29 is 8.78 Å². The number of halogens is 2. The van der Waals surface area contributed by atoms with E-state index in [0.29, 0.717) is 4.90 Å². The van der Waals surface area contributed by atoms with Gasteiger partial charge >= 0.3 is 0 Å². The summed E-state index contributed by atoms with van der Waals surface area (Å²) in [6.45, 7) is 4.94. The lowest BCUT2D eigenvalue weighted by Crippen LogP contribution is -2.20. The van der Waals surface area contributed by atoms with Crippen molar-refractivity contribution in [2.45, 2.75) is 36.1 Å². The Hall–Kier alpha value is -1.39. The highest BCUT2D eigenvalue weighted by Gasteiger charge is 2.13. The molecular formula is C17H19F2NS. The first kappa shape index (κ1) is 16.0. The molecule has 2 aromatic carbocycles. The van der Waals surface area contributed by atoms with Crippen molar-refractivity contribution in [3.8, 4) is 0 Å². The Labute approximate surface area is 128 Å². The molecule has 0 aliphatic heterocycles. The van der Waals surface area contributed by atoms with Crippen LogP contribution in [0.5, 0.6) is 0 Å². The molecule has 0 saturated carbocycles. The van der Waals surface area contributed by atoms with Gasteiger partial charge in [0, 0.05) is 15.8 Å². The average molecular weight is 307 g/mol. The van der Waals surface area contributed by atoms with E-state index in [2.05, 4.69) is 12.2 Å². The topological polar surface area (TPSA) is 12.0 Å². The third kappa shape index (κ3) is 4.29. The summed E-state index contributed by atoms with van der Waals surface area (Å²) in [5, 5.41) is 3.34. The summed E-state index contributed by atoms with van der Waals surface area (Å²) in [5.74, 6) is -0.528. The van der Waals surface area contributed by atoms with E-state index in [4.69, 9.17) is 0 Å². The summed E-state index contributed by atoms with van der Waals surface area (Å²) in [6.07, 6.45) is 1.01. The van der Waals surface area contributed by atoms with Gasteiger partial charge in [0.15, 0.2) is 0 Å². The van der Waals surface area contributed by atoms with Crippen LogP contribution in [-0.2, 0) is 0 Å². The number of nitrogens with one attached hydrogen (secondary N) is 1. The third-order valence-corrected chi connectivity index (χ3v) is 4.34. The molecule has 0 fully saturated rings. The second-order valence-corrected chi connectivity index (χ2v) is 5.97. The van der Waals surface area contributed by atoms with Crippen molar-refractivity contribution >= 4 is 11.8 Å². The van der Waals surface area contributed by atoms with Crippen LogP contribution in [-0.4, -0.2) is 6.54 Å². The monoisotopic (exact) mass is 307 g/mol. The highest BCUT2D eigenvalue weighted by Crippen LogP contribution is 2.35. The molecule has 0 amide bonds. The Balaban J connectivity index is 2.28. The summed E-state index contributed by atoms with van der Waals surface area (Å²) in [4.78, 5) is 1.42. The Bertz CT molecular complexity index is 601. The fourth-order valence-corrected chi connectivity index (χ4v) is 3.11. The molecule has 1 nitrogen and oxygen atoms in total. The van der Waals surface area contributed by atoms with E-state index in [1.54, 1.807) is 24.3 Å². The molecular weight excluding hydrogens is 288 g/mol. The lowest BCUT2D eigenvalue weighted by Gasteiger charge is -2.18. The van der Waals surface area contributed by atoms with Gasteiger partial charge in [-0.15, -0.1) is 0 Å². The zero-order valence-corrected chi connectivity index (χ0v) is 13.0. The molecule has 0 aliphatic rings. The summed E-state index contributed by atoms with van der Waals surface area (Å²) in [7, 11) is 0. The Morgan fingerprint density at radius 1 is 1.10 bits per heavy atom. The summed E-state index contributed by atoms with van der Waals surface area (Å²) < 4.78 is 27.3. The fourth-order valence-electron chi connectivity index (χ4n) is 2.07. The van der Waals surface area contributed by atoms with Crippen molar-refractivity contribution in [2.75, 3.05) is 6.54 Å². The number of hydrogen-bond donors (Lipinski definition) is 1. The standard InChI is InChI=1S/C17H19F2NS/c1-3-10-20-12(2)14-11-13(18)8-9-16(14)21-17-7-5-4-6-15(17)19/h4-9,11-12,20H,3,10H2,1-2H3. The van der Waals surface area contributed by atoms with Crippen molar-refractivity contribution in [2.24, 2.45) is 0 Å². The van der Waals surface area contributed by atoms with Crippen molar-refractivity contribution in [1.82, 2.24) is 5.32 Å². The summed E-state index contributed by atoms with van der Waals surface area (Å²) >= 11 is 1.33. The van der Waals surface area contributed by atoms with Gasteiger partial charge in [0.2, 0.25) is 0 Å². The van der Waals surface area contributed by atoms with Gasteiger partial charge in [0.05, 0.1) is 0 Å². The molecule has 4 heteroatoms. The largest absolute Gasteiger partial charge is 0.310 e. The number of benzene rings is 2. The predicted octanol–water partition coefficient (Wildman–Crippen LogP) is 5.18. The lowest BCUT2D eigenvalue weighted by molar-refractivity contribution is 0.554. The maximum absolute atomic E-state index is 13.8. The molecule has 0 spiro atoms. The quantitative estimate of drug-likeness (QED) is 0.789. The minimum absolute atomic E-state index is 0.0231. The molecule has 1 unspecified atom stereocenters. The van der Waals surface area contributed by atoms with E-state index in [9.17, 15) is 8.78 Å². The molecule has 112 valence electrons. The van der Waals surface area contributed by atoms with Crippen molar-refractivity contribution in [3.63, 3.8) is 0 Å². The Morgan fingerprint density at radius 3 is 2.57 bits per heavy atom. The van der Waals surface area contributed by atoms with Gasteiger partial charge in [0.1, 0.15) is 11.6 Å². The first-order valence-corrected chi connectivity index (χ1v) is 7.88. The SMILES string of the molecule is CCCNC(C)c1cc(F)ccc1Sc1ccccc1F. The van der Waals surface area contributed by atoms with E-state index in [0.717, 1.165) is 23.4 Å². The maximum atomic E-state index is 13.8. The zero-order chi connectivity index (χ0) is 15.2. The van der Waals surface area contributed by atoms with E-state index >= 15 is 0 Å². The van der Waals surface area contributed by atoms with Crippen LogP contribution in [0.3, 0.4) is 0 Å². The third-order valence-electron chi connectivity index (χ3n) is 3.20. The molecule has 21 heavy (non-hydrogen) atoms. The lowest BCUT2D eigenvalue weighted by atomic mass is 10.1. The van der Waals surface area contributed by atoms with Gasteiger partial charge in [0.25, 0.3) is 0 Å². The molecule has 0 saturated heterocycles. The van der Waals surface area contributed by atoms with E-state index in [1.807, 2.05) is 6.92 Å². The van der Waals surface area contributed by atoms with Crippen LogP contribution in [0.15, 0.2) is 52.3 Å². The van der Waals surface area contributed by atoms with E-state index in [-0.39, 0.29) is 17.7 Å². The number of rotatable bonds is 6. The smallest absolute Gasteiger partial charge is 0.137 e. The molecule has 0 bridgehead atoms. The highest BCUT2D eigenvalue weighted by molar-refractivity contribution is 7.99. The van der Waals surface area contributed by atoms with Crippen LogP contribution in [0.2, 0.25) is 0 Å². The molecule has 0 aromatic heterocycles. The Morgan fingerprint density at radius 2 is 1.86 bits per heavy atom. The zero-order valence-electron chi connectivity index (χ0n) is 12.2. The minimum Gasteiger partial charge on any atom is -0.310 e. The van der Waals surface area contributed by atoms with Gasteiger partial charge in [-0.2, -0.15) is 0 Å². The number of hydrogen-bond acceptors (Lipinski definition) is 2. The second-order valence-electron chi connectivity index (χ2n) is 4.89. The first-order chi connectivity index (χ1) is 10.1. The van der Waals surface area contributed by atoms with Gasteiger partial charge < -0.3 is 5.32 Å². The highest BCUT2D eigenvalue weighted by atomic mass is 32.2. The molecule has 0 aliphatic carbocycles. The van der Waals surface area contributed by atoms with E-state index in [1.165, 1.54) is 30.0 Å². The van der Waals surface area contributed by atoms with Crippen LogP contribution in [0, 0.1) is 11.6 Å². The maximum Gasteiger partial charge on any atom is 0.137 e. The van der Waals surface area contributed by atoms with Gasteiger partial charge in [-0.1, -0.05) is 30.8 Å². The van der Waals surface area contributed by atoms with Gasteiger partial charge in [-0.25, -0.2) is 8.78 Å². The molecule has 0 heterocycles. The molecule has 1 atom stereocenters. The molecule has 1 N–H and O–H groups in total. The van der Waals surface area contributed by atoms with Crippen molar-refractivity contribution in [3.05, 3.63) is 59.7 Å².